The molecule has 3 saturated carbocycles. The Balaban J connectivity index is 1.97. The van der Waals surface area contributed by atoms with E-state index in [0.717, 1.165) is 32.1 Å². The van der Waals surface area contributed by atoms with Crippen LogP contribution in [0.15, 0.2) is 0 Å². The Morgan fingerprint density at radius 2 is 1.13 bits per heavy atom. The molecule has 3 unspecified atom stereocenters. The van der Waals surface area contributed by atoms with Crippen LogP contribution in [0.1, 0.15) is 32.1 Å². The van der Waals surface area contributed by atoms with Crippen LogP contribution in [-0.4, -0.2) is 20.5 Å². The van der Waals surface area contributed by atoms with Crippen LogP contribution in [-0.2, 0) is 0 Å². The molecule has 3 aliphatic carbocycles. The summed E-state index contributed by atoms with van der Waals surface area (Å²) >= 11 is 26.0. The normalized spacial score (nSPS) is 63.2. The third-order valence-corrected chi connectivity index (χ3v) is 7.03. The SMILES string of the molecule is ClC1C[C@@H]2C[C@@H]3CC(Cl)C[C@]3(Cl)C2(Cl)C1. The minimum Gasteiger partial charge on any atom is -0.123 e. The van der Waals surface area contributed by atoms with Crippen molar-refractivity contribution in [2.45, 2.75) is 52.6 Å². The lowest BCUT2D eigenvalue weighted by Crippen LogP contribution is -2.44. The minimum atomic E-state index is -0.282. The number of rotatable bonds is 0. The highest BCUT2D eigenvalue weighted by atomic mass is 35.5. The van der Waals surface area contributed by atoms with Crippen LogP contribution < -0.4 is 0 Å². The molecule has 0 aliphatic heterocycles. The number of hydrogen-bond donors (Lipinski definition) is 0. The first kappa shape index (κ1) is 11.3. The number of hydrogen-bond acceptors (Lipinski definition) is 0. The second kappa shape index (κ2) is 3.34. The van der Waals surface area contributed by atoms with Crippen molar-refractivity contribution in [2.75, 3.05) is 0 Å². The van der Waals surface area contributed by atoms with Gasteiger partial charge in [-0.2, -0.15) is 0 Å². The molecule has 0 aromatic carbocycles. The van der Waals surface area contributed by atoms with Crippen molar-refractivity contribution in [2.24, 2.45) is 11.8 Å². The van der Waals surface area contributed by atoms with E-state index in [1.165, 1.54) is 0 Å². The summed E-state index contributed by atoms with van der Waals surface area (Å²) in [5, 5.41) is 0.414. The maximum Gasteiger partial charge on any atom is 0.0683 e. The molecule has 0 aromatic rings. The smallest absolute Gasteiger partial charge is 0.0683 e. The molecule has 0 nitrogen and oxygen atoms in total. The largest absolute Gasteiger partial charge is 0.123 e. The lowest BCUT2D eigenvalue weighted by molar-refractivity contribution is 0.403. The molecule has 0 spiro atoms. The monoisotopic (exact) mass is 286 g/mol. The van der Waals surface area contributed by atoms with Gasteiger partial charge >= 0.3 is 0 Å². The quantitative estimate of drug-likeness (QED) is 0.580. The summed E-state index contributed by atoms with van der Waals surface area (Å²) in [6.45, 7) is 0. The molecule has 3 aliphatic rings. The van der Waals surface area contributed by atoms with Crippen LogP contribution in [0.3, 0.4) is 0 Å². The Hall–Kier alpha value is 1.16. The average Bonchev–Trinajstić information content (AvgIpc) is 2.59. The molecule has 0 heterocycles. The molecule has 0 bridgehead atoms. The summed E-state index contributed by atoms with van der Waals surface area (Å²) in [5.74, 6) is 1.02. The van der Waals surface area contributed by atoms with E-state index in [4.69, 9.17) is 46.4 Å². The number of fused-ring (bicyclic) bond motifs is 3. The third kappa shape index (κ3) is 1.35. The lowest BCUT2D eigenvalue weighted by Gasteiger charge is -2.36. The zero-order valence-corrected chi connectivity index (χ0v) is 11.4. The van der Waals surface area contributed by atoms with Gasteiger partial charge in [-0.25, -0.2) is 0 Å². The molecule has 0 aromatic heterocycles. The Bertz CT molecular complexity index is 266. The fourth-order valence-electron chi connectivity index (χ4n) is 4.06. The molecule has 3 fully saturated rings. The molecule has 0 radical (unpaired) electrons. The molecular formula is C11H14Cl4. The fourth-order valence-corrected chi connectivity index (χ4v) is 6.33. The van der Waals surface area contributed by atoms with Gasteiger partial charge in [-0.15, -0.1) is 46.4 Å². The molecule has 15 heavy (non-hydrogen) atoms. The summed E-state index contributed by atoms with van der Waals surface area (Å²) in [5.41, 5.74) is 0. The first-order chi connectivity index (χ1) is 6.96. The molecule has 86 valence electrons. The highest BCUT2D eigenvalue weighted by Gasteiger charge is 2.69. The van der Waals surface area contributed by atoms with E-state index in [2.05, 4.69) is 0 Å². The van der Waals surface area contributed by atoms with E-state index in [9.17, 15) is 0 Å². The van der Waals surface area contributed by atoms with Gasteiger partial charge in [-0.05, 0) is 43.9 Å². The maximum absolute atomic E-state index is 6.80. The zero-order valence-electron chi connectivity index (χ0n) is 8.36. The highest BCUT2D eigenvalue weighted by molar-refractivity contribution is 6.37. The molecule has 0 amide bonds. The Labute approximate surface area is 111 Å². The Kier molecular flexibility index (Phi) is 2.51. The molecule has 0 N–H and O–H groups in total. The van der Waals surface area contributed by atoms with Gasteiger partial charge in [0.15, 0.2) is 0 Å². The maximum atomic E-state index is 6.80. The molecular weight excluding hydrogens is 274 g/mol. The summed E-state index contributed by atoms with van der Waals surface area (Å²) in [6.07, 6.45) is 4.89. The highest BCUT2D eigenvalue weighted by Crippen LogP contribution is 2.68. The van der Waals surface area contributed by atoms with Crippen molar-refractivity contribution in [3.8, 4) is 0 Å². The van der Waals surface area contributed by atoms with Crippen molar-refractivity contribution in [1.29, 1.82) is 0 Å². The van der Waals surface area contributed by atoms with Crippen LogP contribution in [0.4, 0.5) is 0 Å². The Morgan fingerprint density at radius 1 is 0.733 bits per heavy atom. The predicted molar refractivity (Wildman–Crippen MR) is 66.5 cm³/mol. The van der Waals surface area contributed by atoms with Gasteiger partial charge in [-0.1, -0.05) is 0 Å². The molecule has 4 heteroatoms. The van der Waals surface area contributed by atoms with Crippen molar-refractivity contribution in [3.63, 3.8) is 0 Å². The van der Waals surface area contributed by atoms with E-state index >= 15 is 0 Å². The van der Waals surface area contributed by atoms with Gasteiger partial charge in [0.05, 0.1) is 9.75 Å². The fraction of sp³-hybridized carbons (Fsp3) is 1.00. The molecule has 0 saturated heterocycles. The molecule has 6 atom stereocenters. The van der Waals surface area contributed by atoms with E-state index in [1.54, 1.807) is 0 Å². The second-order valence-electron chi connectivity index (χ2n) is 5.43. The van der Waals surface area contributed by atoms with Crippen LogP contribution in [0.25, 0.3) is 0 Å². The van der Waals surface area contributed by atoms with Crippen LogP contribution in [0, 0.1) is 11.8 Å². The number of alkyl halides is 4. The summed E-state index contributed by atoms with van der Waals surface area (Å²) in [7, 11) is 0. The molecule has 3 rings (SSSR count). The standard InChI is InChI=1S/C11H14Cl4/c12-8-2-6-1-7-3-9(13)5-11(7,15)10(6,14)4-8/h6-9H,1-5H2/t6-,7+,8?,9?,10-,11?/m1/s1. The first-order valence-electron chi connectivity index (χ1n) is 5.61. The van der Waals surface area contributed by atoms with Crippen molar-refractivity contribution in [3.05, 3.63) is 0 Å². The topological polar surface area (TPSA) is 0 Å². The third-order valence-electron chi connectivity index (χ3n) is 4.67. The first-order valence-corrected chi connectivity index (χ1v) is 7.24. The van der Waals surface area contributed by atoms with Crippen molar-refractivity contribution < 1.29 is 0 Å². The van der Waals surface area contributed by atoms with Crippen LogP contribution in [0.5, 0.6) is 0 Å². The van der Waals surface area contributed by atoms with E-state index < -0.39 is 0 Å². The van der Waals surface area contributed by atoms with E-state index in [-0.39, 0.29) is 20.5 Å². The lowest BCUT2D eigenvalue weighted by atomic mass is 9.87. The Morgan fingerprint density at radius 3 is 1.53 bits per heavy atom. The van der Waals surface area contributed by atoms with Gasteiger partial charge in [0.1, 0.15) is 0 Å². The number of halogens is 4. The van der Waals surface area contributed by atoms with Crippen molar-refractivity contribution in [1.82, 2.24) is 0 Å². The average molecular weight is 288 g/mol. The van der Waals surface area contributed by atoms with Crippen LogP contribution in [0.2, 0.25) is 0 Å². The van der Waals surface area contributed by atoms with Gasteiger partial charge in [-0.3, -0.25) is 0 Å². The summed E-state index contributed by atoms with van der Waals surface area (Å²) < 4.78 is 0. The van der Waals surface area contributed by atoms with Gasteiger partial charge in [0.2, 0.25) is 0 Å². The minimum absolute atomic E-state index is 0.207. The van der Waals surface area contributed by atoms with Gasteiger partial charge in [0, 0.05) is 10.8 Å². The van der Waals surface area contributed by atoms with Crippen LogP contribution >= 0.6 is 46.4 Å². The van der Waals surface area contributed by atoms with Gasteiger partial charge in [0.25, 0.3) is 0 Å². The predicted octanol–water partition coefficient (Wildman–Crippen LogP) is 4.38. The zero-order chi connectivity index (χ0) is 10.8. The van der Waals surface area contributed by atoms with Crippen molar-refractivity contribution >= 4 is 46.4 Å². The van der Waals surface area contributed by atoms with Gasteiger partial charge < -0.3 is 0 Å². The second-order valence-corrected chi connectivity index (χ2v) is 8.01. The summed E-state index contributed by atoms with van der Waals surface area (Å²) in [6, 6.07) is 0. The van der Waals surface area contributed by atoms with E-state index in [0.29, 0.717) is 11.8 Å². The van der Waals surface area contributed by atoms with E-state index in [1.807, 2.05) is 0 Å². The summed E-state index contributed by atoms with van der Waals surface area (Å²) in [4.78, 5) is -0.565.